The van der Waals surface area contributed by atoms with Gasteiger partial charge in [-0.3, -0.25) is 25.7 Å². The van der Waals surface area contributed by atoms with Gasteiger partial charge in [-0.15, -0.1) is 0 Å². The summed E-state index contributed by atoms with van der Waals surface area (Å²) in [5, 5.41) is 26.1. The van der Waals surface area contributed by atoms with Crippen molar-refractivity contribution in [2.24, 2.45) is 5.10 Å². The first-order valence-corrected chi connectivity index (χ1v) is 9.29. The molecule has 1 aliphatic rings. The molecule has 0 saturated heterocycles. The molecule has 1 aliphatic carbocycles. The van der Waals surface area contributed by atoms with Gasteiger partial charge in [-0.05, 0) is 38.8 Å². The molecule has 2 aromatic rings. The van der Waals surface area contributed by atoms with Crippen LogP contribution in [0.4, 0.5) is 17.1 Å². The Morgan fingerprint density at radius 1 is 1.11 bits per heavy atom. The molecule has 28 heavy (non-hydrogen) atoms. The number of non-ortho nitro benzene ring substituents is 1. The second-order valence-electron chi connectivity index (χ2n) is 7.07. The highest BCUT2D eigenvalue weighted by molar-refractivity contribution is 5.82. The number of nitrogens with one attached hydrogen (secondary N) is 1. The Labute approximate surface area is 162 Å². The normalized spacial score (nSPS) is 15.1. The minimum Gasteiger partial charge on any atom is -0.345 e. The molecule has 1 fully saturated rings. The van der Waals surface area contributed by atoms with E-state index in [1.807, 2.05) is 0 Å². The highest BCUT2D eigenvalue weighted by Crippen LogP contribution is 2.32. The molecule has 0 spiro atoms. The van der Waals surface area contributed by atoms with Gasteiger partial charge in [0.15, 0.2) is 0 Å². The van der Waals surface area contributed by atoms with Gasteiger partial charge < -0.3 is 4.57 Å². The Balaban J connectivity index is 1.80. The van der Waals surface area contributed by atoms with E-state index in [1.165, 1.54) is 49.9 Å². The third-order valence-corrected chi connectivity index (χ3v) is 5.24. The molecule has 1 aromatic heterocycles. The number of hydrazone groups is 1. The molecule has 1 heterocycles. The predicted octanol–water partition coefficient (Wildman–Crippen LogP) is 4.87. The average molecular weight is 385 g/mol. The van der Waals surface area contributed by atoms with Crippen molar-refractivity contribution in [1.29, 1.82) is 0 Å². The summed E-state index contributed by atoms with van der Waals surface area (Å²) in [5.74, 6) is 0. The molecule has 1 saturated carbocycles. The van der Waals surface area contributed by atoms with Crippen molar-refractivity contribution < 1.29 is 9.85 Å². The van der Waals surface area contributed by atoms with Gasteiger partial charge >= 0.3 is 5.69 Å². The molecule has 148 valence electrons. The number of benzene rings is 1. The van der Waals surface area contributed by atoms with E-state index in [0.29, 0.717) is 6.04 Å². The van der Waals surface area contributed by atoms with E-state index >= 15 is 0 Å². The fourth-order valence-electron chi connectivity index (χ4n) is 3.88. The Morgan fingerprint density at radius 2 is 1.82 bits per heavy atom. The van der Waals surface area contributed by atoms with Crippen LogP contribution in [0.3, 0.4) is 0 Å². The maximum absolute atomic E-state index is 11.2. The molecule has 1 N–H and O–H groups in total. The maximum atomic E-state index is 11.2. The summed E-state index contributed by atoms with van der Waals surface area (Å²) < 4.78 is 2.36. The molecule has 9 nitrogen and oxygen atoms in total. The molecule has 0 amide bonds. The lowest BCUT2D eigenvalue weighted by Crippen LogP contribution is -2.15. The summed E-state index contributed by atoms with van der Waals surface area (Å²) in [6.45, 7) is 4.13. The third kappa shape index (κ3) is 4.03. The lowest BCUT2D eigenvalue weighted by atomic mass is 9.95. The SMILES string of the molecule is Cc1cc(/C=N\Nc2ccc([N+](=O)[O-])cc2[N+](=O)[O-])c(C)n1C1CCCCC1. The molecule has 9 heteroatoms. The van der Waals surface area contributed by atoms with Gasteiger partial charge in [-0.2, -0.15) is 5.10 Å². The largest absolute Gasteiger partial charge is 0.345 e. The van der Waals surface area contributed by atoms with Gasteiger partial charge in [-0.25, -0.2) is 0 Å². The van der Waals surface area contributed by atoms with E-state index in [2.05, 4.69) is 35.0 Å². The number of hydrogen-bond donors (Lipinski definition) is 1. The molecule has 3 rings (SSSR count). The molecular formula is C19H23N5O4. The van der Waals surface area contributed by atoms with Crippen LogP contribution in [0, 0.1) is 34.1 Å². The Kier molecular flexibility index (Phi) is 5.72. The number of nitro groups is 2. The van der Waals surface area contributed by atoms with Crippen LogP contribution in [0.5, 0.6) is 0 Å². The molecule has 0 radical (unpaired) electrons. The minimum absolute atomic E-state index is 0.105. The van der Waals surface area contributed by atoms with Crippen LogP contribution in [0.1, 0.15) is 55.1 Å². The van der Waals surface area contributed by atoms with Crippen molar-refractivity contribution in [3.8, 4) is 0 Å². The second-order valence-corrected chi connectivity index (χ2v) is 7.07. The van der Waals surface area contributed by atoms with Gasteiger partial charge in [0, 0.05) is 29.1 Å². The van der Waals surface area contributed by atoms with Crippen molar-refractivity contribution in [2.45, 2.75) is 52.0 Å². The smallest absolute Gasteiger partial charge is 0.301 e. The molecule has 0 aliphatic heterocycles. The van der Waals surface area contributed by atoms with Gasteiger partial charge in [-0.1, -0.05) is 19.3 Å². The van der Waals surface area contributed by atoms with Crippen molar-refractivity contribution in [2.75, 3.05) is 5.43 Å². The fraction of sp³-hybridized carbons (Fsp3) is 0.421. The zero-order valence-electron chi connectivity index (χ0n) is 15.9. The Bertz CT molecular complexity index is 929. The number of anilines is 1. The van der Waals surface area contributed by atoms with E-state index in [4.69, 9.17) is 0 Å². The second kappa shape index (κ2) is 8.20. The maximum Gasteiger partial charge on any atom is 0.301 e. The standard InChI is InChI=1S/C19H23N5O4/c1-13-10-15(14(2)22(13)16-6-4-3-5-7-16)12-20-21-18-9-8-17(23(25)26)11-19(18)24(27)28/h8-12,16,21H,3-7H2,1-2H3/b20-12-. The van der Waals surface area contributed by atoms with E-state index < -0.39 is 9.85 Å². The molecule has 1 aromatic carbocycles. The van der Waals surface area contributed by atoms with Crippen LogP contribution < -0.4 is 5.43 Å². The Hall–Kier alpha value is -3.23. The van der Waals surface area contributed by atoms with Crippen molar-refractivity contribution in [1.82, 2.24) is 4.57 Å². The highest BCUT2D eigenvalue weighted by Gasteiger charge is 2.20. The van der Waals surface area contributed by atoms with Crippen molar-refractivity contribution in [3.63, 3.8) is 0 Å². The zero-order chi connectivity index (χ0) is 20.3. The van der Waals surface area contributed by atoms with Crippen molar-refractivity contribution >= 4 is 23.3 Å². The third-order valence-electron chi connectivity index (χ3n) is 5.24. The summed E-state index contributed by atoms with van der Waals surface area (Å²) in [7, 11) is 0. The quantitative estimate of drug-likeness (QED) is 0.432. The summed E-state index contributed by atoms with van der Waals surface area (Å²) in [5.41, 5.74) is 5.26. The lowest BCUT2D eigenvalue weighted by Gasteiger charge is -2.26. The van der Waals surface area contributed by atoms with Crippen LogP contribution in [0.25, 0.3) is 0 Å². The van der Waals surface area contributed by atoms with Gasteiger partial charge in [0.1, 0.15) is 5.69 Å². The molecule has 0 bridgehead atoms. The first kappa shape index (κ1) is 19.5. The number of aromatic nitrogens is 1. The summed E-state index contributed by atoms with van der Waals surface area (Å²) >= 11 is 0. The number of rotatable bonds is 6. The van der Waals surface area contributed by atoms with Crippen LogP contribution in [-0.2, 0) is 0 Å². The van der Waals surface area contributed by atoms with Crippen LogP contribution >= 0.6 is 0 Å². The molecule has 0 atom stereocenters. The number of nitrogens with zero attached hydrogens (tertiary/aromatic N) is 4. The summed E-state index contributed by atoms with van der Waals surface area (Å²) in [4.78, 5) is 20.7. The lowest BCUT2D eigenvalue weighted by molar-refractivity contribution is -0.393. The summed E-state index contributed by atoms with van der Waals surface area (Å²) in [6, 6.07) is 5.99. The number of aryl methyl sites for hydroxylation is 1. The van der Waals surface area contributed by atoms with E-state index in [-0.39, 0.29) is 17.1 Å². The highest BCUT2D eigenvalue weighted by atomic mass is 16.6. The summed E-state index contributed by atoms with van der Waals surface area (Å²) in [6.07, 6.45) is 7.78. The number of nitro benzene ring substituents is 2. The predicted molar refractivity (Wildman–Crippen MR) is 107 cm³/mol. The molecule has 0 unspecified atom stereocenters. The van der Waals surface area contributed by atoms with Gasteiger partial charge in [0.2, 0.25) is 0 Å². The molecular weight excluding hydrogens is 362 g/mol. The first-order chi connectivity index (χ1) is 13.4. The first-order valence-electron chi connectivity index (χ1n) is 9.29. The van der Waals surface area contributed by atoms with Crippen LogP contribution in [-0.4, -0.2) is 20.6 Å². The van der Waals surface area contributed by atoms with E-state index in [1.54, 1.807) is 6.21 Å². The fourth-order valence-corrected chi connectivity index (χ4v) is 3.88. The van der Waals surface area contributed by atoms with E-state index in [0.717, 1.165) is 17.3 Å². The van der Waals surface area contributed by atoms with Crippen molar-refractivity contribution in [3.05, 3.63) is 61.4 Å². The number of hydrogen-bond acceptors (Lipinski definition) is 6. The van der Waals surface area contributed by atoms with E-state index in [9.17, 15) is 20.2 Å². The monoisotopic (exact) mass is 385 g/mol. The van der Waals surface area contributed by atoms with Gasteiger partial charge in [0.05, 0.1) is 22.1 Å². The average Bonchev–Trinajstić information content (AvgIpc) is 2.95. The topological polar surface area (TPSA) is 116 Å². The van der Waals surface area contributed by atoms with Crippen LogP contribution in [0.15, 0.2) is 29.4 Å². The van der Waals surface area contributed by atoms with Gasteiger partial charge in [0.25, 0.3) is 5.69 Å². The zero-order valence-corrected chi connectivity index (χ0v) is 15.9. The van der Waals surface area contributed by atoms with Crippen LogP contribution in [0.2, 0.25) is 0 Å². The Morgan fingerprint density at radius 3 is 2.46 bits per heavy atom. The minimum atomic E-state index is -0.667.